The molecule has 2 heterocycles. The fraction of sp³-hybridized carbons (Fsp3) is 0.333. The lowest BCUT2D eigenvalue weighted by molar-refractivity contribution is 0.683. The molecule has 0 bridgehead atoms. The smallest absolute Gasteiger partial charge is 0.134 e. The first kappa shape index (κ1) is 11.3. The molecular weight excluding hydrogens is 214 g/mol. The third-order valence-electron chi connectivity index (χ3n) is 2.56. The van der Waals surface area contributed by atoms with Crippen LogP contribution in [0, 0.1) is 12.3 Å². The molecule has 2 N–H and O–H groups in total. The highest BCUT2D eigenvalue weighted by atomic mass is 15.1. The number of hydrogen-bond donors (Lipinski definition) is 1. The van der Waals surface area contributed by atoms with Crippen LogP contribution in [0.25, 0.3) is 11.4 Å². The molecule has 17 heavy (non-hydrogen) atoms. The van der Waals surface area contributed by atoms with Crippen LogP contribution in [0.4, 0.5) is 5.82 Å². The standard InChI is InChI=1S/C12H15N5/c1-3-5-16-8-14-7-10(16)11-12(13)17(6-4-2)9-15-11/h2,7-9H,3,5-6,13H2,1H3. The quantitative estimate of drug-likeness (QED) is 0.805. The van der Waals surface area contributed by atoms with Gasteiger partial charge < -0.3 is 14.9 Å². The Kier molecular flexibility index (Phi) is 3.15. The number of imidazole rings is 2. The fourth-order valence-electron chi connectivity index (χ4n) is 1.75. The zero-order valence-corrected chi connectivity index (χ0v) is 9.80. The molecule has 5 nitrogen and oxygen atoms in total. The summed E-state index contributed by atoms with van der Waals surface area (Å²) in [4.78, 5) is 8.43. The number of terminal acetylenes is 1. The molecule has 0 spiro atoms. The summed E-state index contributed by atoms with van der Waals surface area (Å²) in [7, 11) is 0. The molecule has 0 amide bonds. The van der Waals surface area contributed by atoms with Crippen molar-refractivity contribution in [2.45, 2.75) is 26.4 Å². The second kappa shape index (κ2) is 4.74. The lowest BCUT2D eigenvalue weighted by Crippen LogP contribution is -2.03. The van der Waals surface area contributed by atoms with E-state index in [2.05, 4.69) is 22.8 Å². The number of aromatic nitrogens is 4. The van der Waals surface area contributed by atoms with E-state index in [-0.39, 0.29) is 0 Å². The van der Waals surface area contributed by atoms with E-state index in [1.807, 2.05) is 4.57 Å². The van der Waals surface area contributed by atoms with E-state index in [0.717, 1.165) is 24.4 Å². The van der Waals surface area contributed by atoms with Crippen molar-refractivity contribution in [3.05, 3.63) is 18.9 Å². The lowest BCUT2D eigenvalue weighted by atomic mass is 10.3. The molecule has 0 aliphatic heterocycles. The summed E-state index contributed by atoms with van der Waals surface area (Å²) < 4.78 is 3.79. The van der Waals surface area contributed by atoms with Gasteiger partial charge in [0.1, 0.15) is 11.5 Å². The van der Waals surface area contributed by atoms with Crippen LogP contribution in [0.5, 0.6) is 0 Å². The average molecular weight is 229 g/mol. The van der Waals surface area contributed by atoms with Gasteiger partial charge >= 0.3 is 0 Å². The van der Waals surface area contributed by atoms with Gasteiger partial charge in [-0.05, 0) is 6.42 Å². The Morgan fingerprint density at radius 1 is 1.41 bits per heavy atom. The SMILES string of the molecule is C#CCn1cnc(-c2cncn2CCC)c1N. The molecule has 0 fully saturated rings. The molecule has 2 rings (SSSR count). The number of hydrogen-bond acceptors (Lipinski definition) is 3. The van der Waals surface area contributed by atoms with Gasteiger partial charge in [0, 0.05) is 6.54 Å². The van der Waals surface area contributed by atoms with E-state index in [0.29, 0.717) is 12.4 Å². The van der Waals surface area contributed by atoms with Crippen LogP contribution >= 0.6 is 0 Å². The molecule has 0 radical (unpaired) electrons. The van der Waals surface area contributed by atoms with Crippen molar-refractivity contribution in [3.8, 4) is 23.7 Å². The monoisotopic (exact) mass is 229 g/mol. The van der Waals surface area contributed by atoms with Gasteiger partial charge in [-0.1, -0.05) is 12.8 Å². The molecule has 0 aromatic carbocycles. The third-order valence-corrected chi connectivity index (χ3v) is 2.56. The van der Waals surface area contributed by atoms with Crippen LogP contribution in [0.15, 0.2) is 18.9 Å². The van der Waals surface area contributed by atoms with E-state index in [9.17, 15) is 0 Å². The van der Waals surface area contributed by atoms with Gasteiger partial charge in [-0.2, -0.15) is 0 Å². The van der Waals surface area contributed by atoms with Gasteiger partial charge in [0.05, 0.1) is 31.1 Å². The summed E-state index contributed by atoms with van der Waals surface area (Å²) in [6.07, 6.45) is 11.5. The Morgan fingerprint density at radius 2 is 2.24 bits per heavy atom. The van der Waals surface area contributed by atoms with Crippen molar-refractivity contribution in [1.29, 1.82) is 0 Å². The maximum absolute atomic E-state index is 6.01. The highest BCUT2D eigenvalue weighted by Crippen LogP contribution is 2.23. The van der Waals surface area contributed by atoms with Gasteiger partial charge in [0.15, 0.2) is 0 Å². The van der Waals surface area contributed by atoms with Crippen molar-refractivity contribution in [3.63, 3.8) is 0 Å². The largest absolute Gasteiger partial charge is 0.383 e. The Hall–Kier alpha value is -2.22. The minimum atomic E-state index is 0.431. The topological polar surface area (TPSA) is 61.7 Å². The number of rotatable bonds is 4. The lowest BCUT2D eigenvalue weighted by Gasteiger charge is -2.05. The van der Waals surface area contributed by atoms with Crippen LogP contribution in [-0.4, -0.2) is 19.1 Å². The molecule has 2 aromatic heterocycles. The first-order valence-corrected chi connectivity index (χ1v) is 5.52. The van der Waals surface area contributed by atoms with Gasteiger partial charge in [0.25, 0.3) is 0 Å². The molecule has 0 unspecified atom stereocenters. The van der Waals surface area contributed by atoms with E-state index in [4.69, 9.17) is 12.2 Å². The Balaban J connectivity index is 2.40. The number of nitrogens with two attached hydrogens (primary N) is 1. The number of nitrogens with zero attached hydrogens (tertiary/aromatic N) is 4. The maximum Gasteiger partial charge on any atom is 0.134 e. The van der Waals surface area contributed by atoms with E-state index in [1.165, 1.54) is 0 Å². The van der Waals surface area contributed by atoms with Crippen molar-refractivity contribution in [1.82, 2.24) is 19.1 Å². The Labute approximate surface area is 100 Å². The molecule has 0 saturated carbocycles. The van der Waals surface area contributed by atoms with Gasteiger partial charge in [0.2, 0.25) is 0 Å². The summed E-state index contributed by atoms with van der Waals surface area (Å²) in [6, 6.07) is 0. The molecule has 0 atom stereocenters. The molecule has 0 aliphatic rings. The van der Waals surface area contributed by atoms with Crippen molar-refractivity contribution in [2.75, 3.05) is 5.73 Å². The van der Waals surface area contributed by atoms with Crippen LogP contribution in [0.2, 0.25) is 0 Å². The van der Waals surface area contributed by atoms with Crippen LogP contribution in [-0.2, 0) is 13.1 Å². The molecule has 0 saturated heterocycles. The van der Waals surface area contributed by atoms with Crippen LogP contribution in [0.1, 0.15) is 13.3 Å². The van der Waals surface area contributed by atoms with E-state index >= 15 is 0 Å². The zero-order chi connectivity index (χ0) is 12.3. The van der Waals surface area contributed by atoms with Crippen LogP contribution < -0.4 is 5.73 Å². The number of nitrogen functional groups attached to an aromatic ring is 1. The second-order valence-corrected chi connectivity index (χ2v) is 3.78. The van der Waals surface area contributed by atoms with Crippen LogP contribution in [0.3, 0.4) is 0 Å². The highest BCUT2D eigenvalue weighted by Gasteiger charge is 2.13. The molecule has 0 aliphatic carbocycles. The van der Waals surface area contributed by atoms with Crippen molar-refractivity contribution in [2.24, 2.45) is 0 Å². The fourth-order valence-corrected chi connectivity index (χ4v) is 1.75. The summed E-state index contributed by atoms with van der Waals surface area (Å²) in [5.41, 5.74) is 7.68. The summed E-state index contributed by atoms with van der Waals surface area (Å²) >= 11 is 0. The summed E-state index contributed by atoms with van der Waals surface area (Å²) in [6.45, 7) is 3.45. The molecule has 2 aromatic rings. The summed E-state index contributed by atoms with van der Waals surface area (Å²) in [5, 5.41) is 0. The predicted molar refractivity (Wildman–Crippen MR) is 67.0 cm³/mol. The number of anilines is 1. The van der Waals surface area contributed by atoms with Gasteiger partial charge in [-0.15, -0.1) is 6.42 Å². The molecular formula is C12H15N5. The highest BCUT2D eigenvalue weighted by molar-refractivity contribution is 5.67. The summed E-state index contributed by atoms with van der Waals surface area (Å²) in [5.74, 6) is 3.13. The third kappa shape index (κ3) is 2.02. The molecule has 5 heteroatoms. The minimum Gasteiger partial charge on any atom is -0.383 e. The van der Waals surface area contributed by atoms with E-state index < -0.39 is 0 Å². The average Bonchev–Trinajstić information content (AvgIpc) is 2.89. The Bertz CT molecular complexity index is 543. The van der Waals surface area contributed by atoms with E-state index in [1.54, 1.807) is 23.4 Å². The molecule has 88 valence electrons. The van der Waals surface area contributed by atoms with Crippen molar-refractivity contribution < 1.29 is 0 Å². The zero-order valence-electron chi connectivity index (χ0n) is 9.80. The predicted octanol–water partition coefficient (Wildman–Crippen LogP) is 1.37. The first-order chi connectivity index (χ1) is 8.27. The first-order valence-electron chi connectivity index (χ1n) is 5.52. The minimum absolute atomic E-state index is 0.431. The van der Waals surface area contributed by atoms with Crippen molar-refractivity contribution >= 4 is 5.82 Å². The number of aryl methyl sites for hydroxylation is 1. The maximum atomic E-state index is 6.01. The second-order valence-electron chi connectivity index (χ2n) is 3.78. The van der Waals surface area contributed by atoms with Gasteiger partial charge in [-0.3, -0.25) is 0 Å². The normalized spacial score (nSPS) is 10.4. The Morgan fingerprint density at radius 3 is 2.94 bits per heavy atom. The van der Waals surface area contributed by atoms with Gasteiger partial charge in [-0.25, -0.2) is 9.97 Å².